The summed E-state index contributed by atoms with van der Waals surface area (Å²) < 4.78 is 27.4. The van der Waals surface area contributed by atoms with E-state index in [4.69, 9.17) is 11.6 Å². The average molecular weight is 338 g/mol. The van der Waals surface area contributed by atoms with Crippen LogP contribution in [0.15, 0.2) is 36.5 Å². The number of carbonyl (C=O) groups excluding carboxylic acids is 1. The van der Waals surface area contributed by atoms with E-state index >= 15 is 0 Å². The Morgan fingerprint density at radius 1 is 1.09 bits per heavy atom. The van der Waals surface area contributed by atoms with Crippen LogP contribution in [-0.4, -0.2) is 42.0 Å². The number of pyridine rings is 1. The van der Waals surface area contributed by atoms with E-state index in [-0.39, 0.29) is 0 Å². The van der Waals surface area contributed by atoms with Crippen molar-refractivity contribution in [2.45, 2.75) is 0 Å². The van der Waals surface area contributed by atoms with Crippen molar-refractivity contribution in [1.29, 1.82) is 0 Å². The Kier molecular flexibility index (Phi) is 4.43. The van der Waals surface area contributed by atoms with E-state index in [2.05, 4.69) is 9.88 Å². The third-order valence-corrected chi connectivity index (χ3v) is 4.03. The molecule has 1 fully saturated rings. The van der Waals surface area contributed by atoms with E-state index in [1.165, 1.54) is 11.0 Å². The van der Waals surface area contributed by atoms with Crippen molar-refractivity contribution in [3.05, 3.63) is 58.9 Å². The number of nitrogens with zero attached hydrogens (tertiary/aromatic N) is 3. The van der Waals surface area contributed by atoms with Crippen molar-refractivity contribution in [2.75, 3.05) is 31.1 Å². The first kappa shape index (κ1) is 15.7. The highest BCUT2D eigenvalue weighted by Gasteiger charge is 2.26. The van der Waals surface area contributed by atoms with E-state index in [0.717, 1.165) is 17.8 Å². The molecule has 1 aromatic carbocycles. The molecule has 23 heavy (non-hydrogen) atoms. The van der Waals surface area contributed by atoms with E-state index in [0.29, 0.717) is 31.3 Å². The third-order valence-electron chi connectivity index (χ3n) is 3.82. The van der Waals surface area contributed by atoms with Gasteiger partial charge in [0.05, 0.1) is 0 Å². The fraction of sp³-hybridized carbons (Fsp3) is 0.250. The van der Waals surface area contributed by atoms with E-state index in [9.17, 15) is 13.6 Å². The number of hydrogen-bond donors (Lipinski definition) is 0. The number of anilines is 1. The number of aromatic nitrogens is 1. The first-order valence-corrected chi connectivity index (χ1v) is 7.54. The predicted octanol–water partition coefficient (Wildman–Crippen LogP) is 2.98. The fourth-order valence-electron chi connectivity index (χ4n) is 2.62. The summed E-state index contributed by atoms with van der Waals surface area (Å²) in [7, 11) is 0. The van der Waals surface area contributed by atoms with Crippen LogP contribution >= 0.6 is 11.6 Å². The van der Waals surface area contributed by atoms with Gasteiger partial charge in [0.15, 0.2) is 0 Å². The van der Waals surface area contributed by atoms with Crippen LogP contribution in [0.3, 0.4) is 0 Å². The second kappa shape index (κ2) is 6.50. The molecule has 120 valence electrons. The maximum absolute atomic E-state index is 13.7. The number of carbonyl (C=O) groups is 1. The lowest BCUT2D eigenvalue weighted by molar-refractivity contribution is 0.0737. The number of hydrogen-bond acceptors (Lipinski definition) is 3. The van der Waals surface area contributed by atoms with Crippen molar-refractivity contribution in [2.24, 2.45) is 0 Å². The minimum atomic E-state index is -0.835. The van der Waals surface area contributed by atoms with Gasteiger partial charge in [-0.2, -0.15) is 0 Å². The maximum Gasteiger partial charge on any atom is 0.259 e. The summed E-state index contributed by atoms with van der Waals surface area (Å²) in [6, 6.07) is 7.00. The molecule has 2 aromatic rings. The first-order chi connectivity index (χ1) is 11.1. The maximum atomic E-state index is 13.7. The summed E-state index contributed by atoms with van der Waals surface area (Å²) >= 11 is 5.87. The summed E-state index contributed by atoms with van der Waals surface area (Å²) in [6.45, 7) is 1.88. The molecule has 1 saturated heterocycles. The van der Waals surface area contributed by atoms with Gasteiger partial charge in [-0.15, -0.1) is 0 Å². The van der Waals surface area contributed by atoms with Crippen LogP contribution < -0.4 is 4.90 Å². The minimum absolute atomic E-state index is 0.381. The largest absolute Gasteiger partial charge is 0.368 e. The molecule has 1 aliphatic heterocycles. The number of amides is 1. The summed E-state index contributed by atoms with van der Waals surface area (Å²) in [5.74, 6) is -2.29. The number of halogens is 3. The first-order valence-electron chi connectivity index (χ1n) is 7.16. The second-order valence-corrected chi connectivity index (χ2v) is 5.60. The Morgan fingerprint density at radius 3 is 2.35 bits per heavy atom. The van der Waals surface area contributed by atoms with Gasteiger partial charge in [-0.3, -0.25) is 4.79 Å². The summed E-state index contributed by atoms with van der Waals surface area (Å²) in [4.78, 5) is 19.8. The molecule has 0 bridgehead atoms. The molecular formula is C16H14ClF2N3O. The smallest absolute Gasteiger partial charge is 0.259 e. The van der Waals surface area contributed by atoms with Crippen LogP contribution in [0.2, 0.25) is 5.15 Å². The molecule has 0 atom stereocenters. The molecular weight excluding hydrogens is 324 g/mol. The van der Waals surface area contributed by atoms with Gasteiger partial charge >= 0.3 is 0 Å². The van der Waals surface area contributed by atoms with Gasteiger partial charge in [0.2, 0.25) is 0 Å². The molecule has 0 unspecified atom stereocenters. The van der Waals surface area contributed by atoms with Crippen molar-refractivity contribution in [3.8, 4) is 0 Å². The monoisotopic (exact) mass is 337 g/mol. The van der Waals surface area contributed by atoms with Crippen molar-refractivity contribution in [3.63, 3.8) is 0 Å². The van der Waals surface area contributed by atoms with Gasteiger partial charge in [-0.25, -0.2) is 13.8 Å². The lowest BCUT2D eigenvalue weighted by atomic mass is 10.1. The molecule has 3 rings (SSSR count). The molecule has 1 aliphatic rings. The lowest BCUT2D eigenvalue weighted by Gasteiger charge is -2.36. The van der Waals surface area contributed by atoms with E-state index in [1.807, 2.05) is 6.07 Å². The van der Waals surface area contributed by atoms with Crippen LogP contribution in [-0.2, 0) is 0 Å². The molecule has 0 aliphatic carbocycles. The highest BCUT2D eigenvalue weighted by atomic mass is 35.5. The second-order valence-electron chi connectivity index (χ2n) is 5.21. The van der Waals surface area contributed by atoms with Crippen molar-refractivity contribution >= 4 is 23.2 Å². The summed E-state index contributed by atoms with van der Waals surface area (Å²) in [6.07, 6.45) is 1.61. The molecule has 4 nitrogen and oxygen atoms in total. The molecule has 2 heterocycles. The van der Waals surface area contributed by atoms with Crippen LogP contribution in [0.5, 0.6) is 0 Å². The molecule has 0 radical (unpaired) electrons. The van der Waals surface area contributed by atoms with Gasteiger partial charge in [0.1, 0.15) is 22.4 Å². The van der Waals surface area contributed by atoms with Gasteiger partial charge in [-0.1, -0.05) is 17.7 Å². The summed E-state index contributed by atoms with van der Waals surface area (Å²) in [5, 5.41) is 0.398. The Bertz CT molecular complexity index is 713. The van der Waals surface area contributed by atoms with Gasteiger partial charge in [0, 0.05) is 38.1 Å². The van der Waals surface area contributed by atoms with E-state index < -0.39 is 23.1 Å². The zero-order valence-electron chi connectivity index (χ0n) is 12.2. The third kappa shape index (κ3) is 3.27. The topological polar surface area (TPSA) is 36.4 Å². The molecule has 1 amide bonds. The number of rotatable bonds is 2. The highest BCUT2D eigenvalue weighted by Crippen LogP contribution is 2.21. The van der Waals surface area contributed by atoms with Crippen molar-refractivity contribution in [1.82, 2.24) is 9.88 Å². The van der Waals surface area contributed by atoms with Crippen LogP contribution in [0, 0.1) is 11.6 Å². The SMILES string of the molecule is O=C(c1c(F)cccc1F)N1CCN(c2ccnc(Cl)c2)CC1. The molecule has 0 N–H and O–H groups in total. The Labute approximate surface area is 137 Å². The Balaban J connectivity index is 1.70. The number of benzene rings is 1. The van der Waals surface area contributed by atoms with Gasteiger partial charge < -0.3 is 9.80 Å². The Hall–Kier alpha value is -2.21. The fourth-order valence-corrected chi connectivity index (χ4v) is 2.79. The summed E-state index contributed by atoms with van der Waals surface area (Å²) in [5.41, 5.74) is 0.419. The van der Waals surface area contributed by atoms with E-state index in [1.54, 1.807) is 12.3 Å². The predicted molar refractivity (Wildman–Crippen MR) is 83.7 cm³/mol. The zero-order chi connectivity index (χ0) is 16.4. The van der Waals surface area contributed by atoms with Gasteiger partial charge in [-0.05, 0) is 24.3 Å². The standard InChI is InChI=1S/C16H14ClF2N3O/c17-14-10-11(4-5-20-14)21-6-8-22(9-7-21)16(23)15-12(18)2-1-3-13(15)19/h1-5,10H,6-9H2. The van der Waals surface area contributed by atoms with Crippen molar-refractivity contribution < 1.29 is 13.6 Å². The number of piperazine rings is 1. The highest BCUT2D eigenvalue weighted by molar-refractivity contribution is 6.29. The normalized spacial score (nSPS) is 14.9. The van der Waals surface area contributed by atoms with Crippen LogP contribution in [0.25, 0.3) is 0 Å². The average Bonchev–Trinajstić information content (AvgIpc) is 2.55. The quantitative estimate of drug-likeness (QED) is 0.791. The Morgan fingerprint density at radius 2 is 1.74 bits per heavy atom. The lowest BCUT2D eigenvalue weighted by Crippen LogP contribution is -2.49. The zero-order valence-corrected chi connectivity index (χ0v) is 12.9. The molecule has 0 spiro atoms. The van der Waals surface area contributed by atoms with Crippen LogP contribution in [0.1, 0.15) is 10.4 Å². The molecule has 0 saturated carbocycles. The molecule has 7 heteroatoms. The van der Waals surface area contributed by atoms with Gasteiger partial charge in [0.25, 0.3) is 5.91 Å². The minimum Gasteiger partial charge on any atom is -0.368 e. The van der Waals surface area contributed by atoms with Crippen LogP contribution in [0.4, 0.5) is 14.5 Å². The molecule has 1 aromatic heterocycles.